The number of carboxylic acids is 1. The van der Waals surface area contributed by atoms with Crippen LogP contribution >= 0.6 is 0 Å². The van der Waals surface area contributed by atoms with E-state index < -0.39 is 12.1 Å². The van der Waals surface area contributed by atoms with Crippen LogP contribution in [0.15, 0.2) is 18.3 Å². The molecule has 3 N–H and O–H groups in total. The third-order valence-electron chi connectivity index (χ3n) is 2.49. The first-order valence-electron chi connectivity index (χ1n) is 6.09. The smallest absolute Gasteiger partial charge is 0.486 e. The SMILES string of the molecule is CNC(=O)c1ccc(OC2CNC2)cn1.O=C(O)C(F)(F)F. The number of halogens is 3. The molecule has 0 atom stereocenters. The number of carboxylic acid groups (broad SMARTS) is 1. The highest BCUT2D eigenvalue weighted by molar-refractivity contribution is 5.91. The molecule has 1 aliphatic rings. The number of amides is 1. The van der Waals surface area contributed by atoms with Crippen molar-refractivity contribution >= 4 is 11.9 Å². The second kappa shape index (κ2) is 7.59. The summed E-state index contributed by atoms with van der Waals surface area (Å²) in [5.74, 6) is -2.24. The third-order valence-corrected chi connectivity index (χ3v) is 2.49. The molecule has 1 aromatic rings. The molecule has 1 saturated heterocycles. The maximum absolute atomic E-state index is 11.2. The normalized spacial score (nSPS) is 14.2. The van der Waals surface area contributed by atoms with Crippen LogP contribution in [0.1, 0.15) is 10.5 Å². The van der Waals surface area contributed by atoms with Gasteiger partial charge in [-0.05, 0) is 12.1 Å². The van der Waals surface area contributed by atoms with Crippen molar-refractivity contribution in [3.63, 3.8) is 0 Å². The van der Waals surface area contributed by atoms with Gasteiger partial charge in [0.05, 0.1) is 6.20 Å². The van der Waals surface area contributed by atoms with Gasteiger partial charge in [-0.3, -0.25) is 4.79 Å². The van der Waals surface area contributed by atoms with E-state index in [4.69, 9.17) is 14.6 Å². The van der Waals surface area contributed by atoms with E-state index >= 15 is 0 Å². The van der Waals surface area contributed by atoms with Crippen molar-refractivity contribution in [2.24, 2.45) is 0 Å². The van der Waals surface area contributed by atoms with Crippen LogP contribution in [0.3, 0.4) is 0 Å². The Morgan fingerprint density at radius 2 is 2.00 bits per heavy atom. The summed E-state index contributed by atoms with van der Waals surface area (Å²) in [6.45, 7) is 1.74. The van der Waals surface area contributed by atoms with Crippen molar-refractivity contribution in [1.29, 1.82) is 0 Å². The van der Waals surface area contributed by atoms with Crippen LogP contribution in [0.5, 0.6) is 5.75 Å². The molecule has 7 nitrogen and oxygen atoms in total. The average molecular weight is 321 g/mol. The Kier molecular flexibility index (Phi) is 6.11. The minimum atomic E-state index is -5.08. The first-order chi connectivity index (χ1) is 10.2. The van der Waals surface area contributed by atoms with Crippen molar-refractivity contribution < 1.29 is 32.6 Å². The van der Waals surface area contributed by atoms with E-state index in [1.165, 1.54) is 0 Å². The van der Waals surface area contributed by atoms with E-state index in [1.807, 2.05) is 0 Å². The number of carbonyl (C=O) groups is 2. The lowest BCUT2D eigenvalue weighted by Gasteiger charge is -2.27. The standard InChI is InChI=1S/C10H13N3O2.C2HF3O2/c1-11-10(14)9-3-2-7(6-13-9)15-8-4-12-5-8;3-2(4,5)1(6)7/h2-3,6,8,12H,4-5H2,1H3,(H,11,14);(H,6,7). The monoisotopic (exact) mass is 321 g/mol. The highest BCUT2D eigenvalue weighted by Gasteiger charge is 2.38. The number of nitrogens with one attached hydrogen (secondary N) is 2. The van der Waals surface area contributed by atoms with Gasteiger partial charge in [0.1, 0.15) is 17.5 Å². The molecule has 1 aromatic heterocycles. The summed E-state index contributed by atoms with van der Waals surface area (Å²) in [6.07, 6.45) is -3.28. The Morgan fingerprint density at radius 1 is 1.41 bits per heavy atom. The van der Waals surface area contributed by atoms with Gasteiger partial charge < -0.3 is 20.5 Å². The van der Waals surface area contributed by atoms with Crippen LogP contribution in [0.2, 0.25) is 0 Å². The Bertz CT molecular complexity index is 515. The van der Waals surface area contributed by atoms with Crippen LogP contribution in [0.4, 0.5) is 13.2 Å². The van der Waals surface area contributed by atoms with Crippen molar-refractivity contribution in [2.45, 2.75) is 12.3 Å². The molecular weight excluding hydrogens is 307 g/mol. The van der Waals surface area contributed by atoms with Crippen LogP contribution in [-0.2, 0) is 4.79 Å². The Labute approximate surface area is 123 Å². The zero-order valence-electron chi connectivity index (χ0n) is 11.5. The van der Waals surface area contributed by atoms with Gasteiger partial charge in [-0.25, -0.2) is 9.78 Å². The summed E-state index contributed by atoms with van der Waals surface area (Å²) < 4.78 is 37.3. The highest BCUT2D eigenvalue weighted by Crippen LogP contribution is 2.13. The number of alkyl halides is 3. The summed E-state index contributed by atoms with van der Waals surface area (Å²) in [5.41, 5.74) is 0.400. The molecule has 2 rings (SSSR count). The summed E-state index contributed by atoms with van der Waals surface area (Å²) in [6, 6.07) is 3.41. The van der Waals surface area contributed by atoms with E-state index in [2.05, 4.69) is 15.6 Å². The molecule has 122 valence electrons. The molecule has 0 aliphatic carbocycles. The zero-order chi connectivity index (χ0) is 16.8. The van der Waals surface area contributed by atoms with Gasteiger partial charge in [0.2, 0.25) is 0 Å². The van der Waals surface area contributed by atoms with Gasteiger partial charge >= 0.3 is 12.1 Å². The lowest BCUT2D eigenvalue weighted by atomic mass is 10.2. The van der Waals surface area contributed by atoms with Crippen LogP contribution < -0.4 is 15.4 Å². The van der Waals surface area contributed by atoms with Crippen molar-refractivity contribution in [2.75, 3.05) is 20.1 Å². The number of hydrogen-bond acceptors (Lipinski definition) is 5. The lowest BCUT2D eigenvalue weighted by Crippen LogP contribution is -2.50. The second-order valence-corrected chi connectivity index (χ2v) is 4.16. The number of aliphatic carboxylic acids is 1. The van der Waals surface area contributed by atoms with Gasteiger partial charge in [-0.1, -0.05) is 0 Å². The fourth-order valence-electron chi connectivity index (χ4n) is 1.25. The molecule has 22 heavy (non-hydrogen) atoms. The summed E-state index contributed by atoms with van der Waals surface area (Å²) >= 11 is 0. The minimum absolute atomic E-state index is 0.188. The maximum Gasteiger partial charge on any atom is 0.490 e. The van der Waals surface area contributed by atoms with E-state index in [-0.39, 0.29) is 12.0 Å². The van der Waals surface area contributed by atoms with Crippen molar-refractivity contribution in [3.8, 4) is 5.75 Å². The Hall–Kier alpha value is -2.36. The van der Waals surface area contributed by atoms with E-state index in [1.54, 1.807) is 25.4 Å². The fraction of sp³-hybridized carbons (Fsp3) is 0.417. The summed E-state index contributed by atoms with van der Waals surface area (Å²) in [4.78, 5) is 24.1. The van der Waals surface area contributed by atoms with Crippen molar-refractivity contribution in [3.05, 3.63) is 24.0 Å². The number of nitrogens with zero attached hydrogens (tertiary/aromatic N) is 1. The van der Waals surface area contributed by atoms with Gasteiger partial charge in [0.25, 0.3) is 5.91 Å². The molecule has 1 amide bonds. The predicted molar refractivity (Wildman–Crippen MR) is 68.6 cm³/mol. The molecule has 0 saturated carbocycles. The van der Waals surface area contributed by atoms with Crippen molar-refractivity contribution in [1.82, 2.24) is 15.6 Å². The molecular formula is C12H14F3N3O4. The molecule has 10 heteroatoms. The number of rotatable bonds is 3. The number of carbonyl (C=O) groups excluding carboxylic acids is 1. The van der Waals surface area contributed by atoms with E-state index in [9.17, 15) is 18.0 Å². The highest BCUT2D eigenvalue weighted by atomic mass is 19.4. The molecule has 1 fully saturated rings. The lowest BCUT2D eigenvalue weighted by molar-refractivity contribution is -0.192. The van der Waals surface area contributed by atoms with Gasteiger partial charge in [-0.15, -0.1) is 0 Å². The van der Waals surface area contributed by atoms with Gasteiger partial charge in [0, 0.05) is 20.1 Å². The summed E-state index contributed by atoms with van der Waals surface area (Å²) in [7, 11) is 1.58. The van der Waals surface area contributed by atoms with Gasteiger partial charge in [-0.2, -0.15) is 13.2 Å². The largest absolute Gasteiger partial charge is 0.490 e. The molecule has 0 radical (unpaired) electrons. The van der Waals surface area contributed by atoms with Gasteiger partial charge in [0.15, 0.2) is 0 Å². The molecule has 0 bridgehead atoms. The molecule has 1 aliphatic heterocycles. The quantitative estimate of drug-likeness (QED) is 0.746. The van der Waals surface area contributed by atoms with Crippen LogP contribution in [0.25, 0.3) is 0 Å². The topological polar surface area (TPSA) is 101 Å². The third kappa shape index (κ3) is 5.56. The number of hydrogen-bond donors (Lipinski definition) is 3. The predicted octanol–water partition coefficient (Wildman–Crippen LogP) is 0.425. The molecule has 2 heterocycles. The zero-order valence-corrected chi connectivity index (χ0v) is 11.5. The van der Waals surface area contributed by atoms with Crippen LogP contribution in [-0.4, -0.2) is 54.4 Å². The molecule has 0 spiro atoms. The number of aromatic nitrogens is 1. The van der Waals surface area contributed by atoms with Crippen LogP contribution in [0, 0.1) is 0 Å². The first kappa shape index (κ1) is 17.7. The number of ether oxygens (including phenoxy) is 1. The molecule has 0 aromatic carbocycles. The van der Waals surface area contributed by atoms with E-state index in [0.717, 1.165) is 13.1 Å². The Morgan fingerprint density at radius 3 is 2.32 bits per heavy atom. The molecule has 0 unspecified atom stereocenters. The summed E-state index contributed by atoms with van der Waals surface area (Å²) in [5, 5.41) is 12.7. The minimum Gasteiger partial charge on any atom is -0.486 e. The number of pyridine rings is 1. The maximum atomic E-state index is 11.2. The van der Waals surface area contributed by atoms with E-state index in [0.29, 0.717) is 11.4 Å². The average Bonchev–Trinajstić information content (AvgIpc) is 2.42. The Balaban J connectivity index is 0.000000295. The second-order valence-electron chi connectivity index (χ2n) is 4.16. The fourth-order valence-corrected chi connectivity index (χ4v) is 1.25. The first-order valence-corrected chi connectivity index (χ1v) is 6.09.